The lowest BCUT2D eigenvalue weighted by atomic mass is 11.8. The van der Waals surface area contributed by atoms with Gasteiger partial charge in [0.25, 0.3) is 6.69 Å². The molecule has 0 radical (unpaired) electrons. The smallest absolute Gasteiger partial charge is 0.155 e. The second-order valence-electron chi connectivity index (χ2n) is 5.50. The minimum atomic E-state index is -2.87. The zero-order valence-corrected chi connectivity index (χ0v) is 28.5. The molecule has 0 bridgehead atoms. The number of hydrogen-bond acceptors (Lipinski definition) is 0. The van der Waals surface area contributed by atoms with Crippen LogP contribution in [0.3, 0.4) is 0 Å². The van der Waals surface area contributed by atoms with E-state index in [0.717, 1.165) is 0 Å². The predicted molar refractivity (Wildman–Crippen MR) is 131 cm³/mol. The van der Waals surface area contributed by atoms with E-state index in [2.05, 4.69) is 0 Å². The van der Waals surface area contributed by atoms with Gasteiger partial charge in [0.05, 0.1) is 7.35 Å². The van der Waals surface area contributed by atoms with Gasteiger partial charge in [0, 0.05) is 23.7 Å². The van der Waals surface area contributed by atoms with E-state index in [1.165, 1.54) is 5.67 Å². The maximum atomic E-state index is 6.86. The maximum Gasteiger partial charge on any atom is 0.341 e. The molecule has 0 amide bonds. The molecule has 1 rings (SSSR count). The Kier molecular flexibility index (Phi) is 10.3. The van der Waals surface area contributed by atoms with Gasteiger partial charge < -0.3 is 0 Å². The molecule has 1 atom stereocenters. The Labute approximate surface area is 181 Å². The molecule has 1 fully saturated rings. The number of halogens is 9. The fraction of sp³-hybridized carbons (Fsp3) is 1.00. The van der Waals surface area contributed by atoms with Crippen LogP contribution in [0.25, 0.3) is 0 Å². The third-order valence-corrected chi connectivity index (χ3v) is 158. The second-order valence-corrected chi connectivity index (χ2v) is 93.5. The predicted octanol–water partition coefficient (Wildman–Crippen LogP) is 1.75. The van der Waals surface area contributed by atoms with Gasteiger partial charge in [0.1, 0.15) is 0 Å². The summed E-state index contributed by atoms with van der Waals surface area (Å²) < 4.78 is 0. The summed E-state index contributed by atoms with van der Waals surface area (Å²) in [5, 5.41) is 0. The molecule has 0 saturated carbocycles. The van der Waals surface area contributed by atoms with E-state index >= 15 is 0 Å². The molecule has 126 valence electrons. The molecule has 0 aromatic carbocycles. The first-order chi connectivity index (χ1) is 9.25. The molecule has 1 aliphatic rings. The van der Waals surface area contributed by atoms with Crippen LogP contribution in [-0.4, -0.2) is 67.2 Å². The third-order valence-electron chi connectivity index (χ3n) is 3.48. The van der Waals surface area contributed by atoms with Gasteiger partial charge in [-0.05, 0) is 22.8 Å². The van der Waals surface area contributed by atoms with Crippen molar-refractivity contribution in [1.82, 2.24) is 0 Å². The van der Waals surface area contributed by atoms with Crippen molar-refractivity contribution in [1.29, 1.82) is 0 Å². The average molecular weight is 623 g/mol. The highest BCUT2D eigenvalue weighted by atomic mass is 35.8. The molecule has 1 aliphatic heterocycles. The zero-order chi connectivity index (χ0) is 16.5. The topological polar surface area (TPSA) is 0 Å². The molecular weight excluding hydrogens is 608 g/mol. The Balaban J connectivity index is 2.88. The van der Waals surface area contributed by atoms with Gasteiger partial charge in [-0.2, -0.15) is 44.3 Å². The Morgan fingerprint density at radius 2 is 1.52 bits per heavy atom. The van der Waals surface area contributed by atoms with E-state index in [1.807, 2.05) is 0 Å². The van der Waals surface area contributed by atoms with E-state index in [1.54, 1.807) is 0 Å². The summed E-state index contributed by atoms with van der Waals surface area (Å²) in [6.07, 6.45) is -2.53. The zero-order valence-electron chi connectivity index (χ0n) is 10.9. The first kappa shape index (κ1) is 23.6. The summed E-state index contributed by atoms with van der Waals surface area (Å²) in [5.41, 5.74) is 0.121. The lowest BCUT2D eigenvalue weighted by Gasteiger charge is -2.35. The van der Waals surface area contributed by atoms with Crippen LogP contribution in [-0.2, 0) is 0 Å². The molecule has 0 aromatic rings. The minimum absolute atomic E-state index is 0.144. The quantitative estimate of drug-likeness (QED) is 0.324. The minimum Gasteiger partial charge on any atom is -0.155 e. The van der Waals surface area contributed by atoms with Gasteiger partial charge in [-0.3, -0.25) is 0 Å². The molecule has 21 heavy (non-hydrogen) atoms. The fourth-order valence-corrected chi connectivity index (χ4v) is 303. The maximum absolute atomic E-state index is 6.86. The summed E-state index contributed by atoms with van der Waals surface area (Å²) in [4.78, 5) is 0. The van der Waals surface area contributed by atoms with Crippen molar-refractivity contribution in [3.8, 4) is 0 Å². The van der Waals surface area contributed by atoms with Gasteiger partial charge in [-0.15, -0.1) is 55.4 Å². The average Bonchev–Trinajstić information content (AvgIpc) is 2.32. The highest BCUT2D eigenvalue weighted by molar-refractivity contribution is 8.12. The molecule has 0 nitrogen and oxygen atoms in total. The first-order valence-corrected chi connectivity index (χ1v) is 43.6. The van der Waals surface area contributed by atoms with E-state index in [4.69, 9.17) is 99.7 Å². The molecule has 0 aromatic heterocycles. The summed E-state index contributed by atoms with van der Waals surface area (Å²) >= 11 is 58.3. The van der Waals surface area contributed by atoms with Crippen molar-refractivity contribution in [3.63, 3.8) is 0 Å². The highest BCUT2D eigenvalue weighted by Crippen LogP contribution is 2.43. The van der Waals surface area contributed by atoms with Crippen LogP contribution < -0.4 is 0 Å². The van der Waals surface area contributed by atoms with Crippen molar-refractivity contribution in [2.45, 2.75) is 17.0 Å². The van der Waals surface area contributed by atoms with Crippen molar-refractivity contribution in [2.24, 2.45) is 0 Å². The SMILES string of the molecule is Cl[Si](Cl)(Cl)C[Si](Cl)(Cl)C[Si](Cl)(Cl)[SiH]1[SiH2][SiH2][SiH2]C[SiH2][Si]1(Cl)Cl. The molecule has 18 heteroatoms. The van der Waals surface area contributed by atoms with Crippen molar-refractivity contribution >= 4 is 167 Å². The van der Waals surface area contributed by atoms with E-state index in [9.17, 15) is 0 Å². The van der Waals surface area contributed by atoms with E-state index in [-0.39, 0.29) is 40.9 Å². The third kappa shape index (κ3) is 8.86. The van der Waals surface area contributed by atoms with Gasteiger partial charge in [0.2, 0.25) is 11.9 Å². The van der Waals surface area contributed by atoms with Crippen molar-refractivity contribution in [3.05, 3.63) is 0 Å². The largest absolute Gasteiger partial charge is 0.341 e. The van der Waals surface area contributed by atoms with Crippen LogP contribution in [0.1, 0.15) is 0 Å². The lowest BCUT2D eigenvalue weighted by molar-refractivity contribution is 1.80. The van der Waals surface area contributed by atoms with Crippen molar-refractivity contribution in [2.75, 3.05) is 0 Å². The summed E-state index contributed by atoms with van der Waals surface area (Å²) in [5.74, 6) is 0. The second kappa shape index (κ2) is 9.17. The standard InChI is InChI=1S/C3H15Cl9Si9/c4-18(5,2-19(6,7)8)3-20(9,10)17-16-15-13-1-14-21(17,11)12/h17H,1-3,13-16H2. The van der Waals surface area contributed by atoms with Crippen LogP contribution >= 0.6 is 99.7 Å². The Bertz CT molecular complexity index is 355. The monoisotopic (exact) mass is 618 g/mol. The van der Waals surface area contributed by atoms with Gasteiger partial charge in [0.15, 0.2) is 0 Å². The molecule has 0 N–H and O–H groups in total. The normalized spacial score (nSPS) is 29.3. The van der Waals surface area contributed by atoms with Crippen LogP contribution in [0, 0.1) is 0 Å². The van der Waals surface area contributed by atoms with Gasteiger partial charge in [-0.1, -0.05) is 5.67 Å². The van der Waals surface area contributed by atoms with Crippen LogP contribution in [0.5, 0.6) is 0 Å². The lowest BCUT2D eigenvalue weighted by Crippen LogP contribution is -2.65. The highest BCUT2D eigenvalue weighted by Gasteiger charge is 2.57. The Morgan fingerprint density at radius 3 is 2.05 bits per heavy atom. The molecule has 1 unspecified atom stereocenters. The van der Waals surface area contributed by atoms with Gasteiger partial charge >= 0.3 is 6.00 Å². The van der Waals surface area contributed by atoms with Crippen molar-refractivity contribution < 1.29 is 0 Å². The summed E-state index contributed by atoms with van der Waals surface area (Å²) in [6, 6.07) is -2.87. The fourth-order valence-electron chi connectivity index (χ4n) is 2.62. The molecule has 1 saturated heterocycles. The Hall–Kier alpha value is 4.56. The van der Waals surface area contributed by atoms with E-state index in [0.29, 0.717) is 5.67 Å². The summed E-state index contributed by atoms with van der Waals surface area (Å²) in [7, 11) is -1.48. The number of rotatable bonds is 5. The van der Waals surface area contributed by atoms with Crippen LogP contribution in [0.15, 0.2) is 0 Å². The first-order valence-electron chi connectivity index (χ1n) is 6.45. The molecule has 1 heterocycles. The van der Waals surface area contributed by atoms with Crippen LogP contribution in [0.2, 0.25) is 17.0 Å². The van der Waals surface area contributed by atoms with Crippen LogP contribution in [0.4, 0.5) is 0 Å². The molecule has 0 aliphatic carbocycles. The number of hydrogen-bond donors (Lipinski definition) is 0. The van der Waals surface area contributed by atoms with E-state index < -0.39 is 32.0 Å². The molecule has 0 spiro atoms. The molecular formula is C3H15Cl9Si9. The van der Waals surface area contributed by atoms with Gasteiger partial charge in [-0.25, -0.2) is 0 Å². The summed E-state index contributed by atoms with van der Waals surface area (Å²) in [6.45, 7) is -2.72. The Morgan fingerprint density at radius 1 is 0.952 bits per heavy atom.